The zero-order valence-electron chi connectivity index (χ0n) is 20.1. The van der Waals surface area contributed by atoms with Crippen LogP contribution >= 0.6 is 0 Å². The lowest BCUT2D eigenvalue weighted by Crippen LogP contribution is -2.28. The lowest BCUT2D eigenvalue weighted by Gasteiger charge is -2.24. The van der Waals surface area contributed by atoms with Crippen molar-refractivity contribution in [3.05, 3.63) is 73.2 Å². The molecule has 5 heterocycles. The number of hydrogen-bond donors (Lipinski definition) is 3. The van der Waals surface area contributed by atoms with E-state index >= 15 is 4.39 Å². The summed E-state index contributed by atoms with van der Waals surface area (Å²) in [6, 6.07) is 10.6. The van der Waals surface area contributed by atoms with Gasteiger partial charge in [-0.05, 0) is 37.1 Å². The molecule has 7 rings (SSSR count). The van der Waals surface area contributed by atoms with Crippen LogP contribution in [0.15, 0.2) is 67.4 Å². The van der Waals surface area contributed by atoms with Gasteiger partial charge < -0.3 is 10.3 Å². The van der Waals surface area contributed by atoms with Crippen LogP contribution in [0.2, 0.25) is 0 Å². The minimum absolute atomic E-state index is 0.0209. The molecule has 1 aromatic carbocycles. The molecular formula is C28H21FN8O. The molecule has 0 bridgehead atoms. The molecule has 10 heteroatoms. The van der Waals surface area contributed by atoms with Gasteiger partial charge in [-0.2, -0.15) is 5.10 Å². The average Bonchev–Trinajstić information content (AvgIpc) is 3.51. The summed E-state index contributed by atoms with van der Waals surface area (Å²) < 4.78 is 15.2. The molecule has 6 aromatic rings. The first-order valence-corrected chi connectivity index (χ1v) is 12.3. The number of aromatic nitrogens is 7. The molecule has 5 aromatic heterocycles. The van der Waals surface area contributed by atoms with E-state index in [9.17, 15) is 4.79 Å². The fraction of sp³-hybridized carbons (Fsp3) is 0.143. The number of imidazole rings is 1. The number of fused-ring (bicyclic) bond motifs is 2. The van der Waals surface area contributed by atoms with E-state index < -0.39 is 5.82 Å². The Morgan fingerprint density at radius 1 is 1.00 bits per heavy atom. The third-order valence-electron chi connectivity index (χ3n) is 7.03. The van der Waals surface area contributed by atoms with Crippen molar-refractivity contribution >= 4 is 33.7 Å². The van der Waals surface area contributed by atoms with Crippen molar-refractivity contribution in [3.8, 4) is 33.8 Å². The van der Waals surface area contributed by atoms with E-state index in [-0.39, 0.29) is 11.8 Å². The number of halogens is 1. The van der Waals surface area contributed by atoms with Crippen molar-refractivity contribution in [2.45, 2.75) is 19.3 Å². The molecule has 0 atom stereocenters. The highest BCUT2D eigenvalue weighted by atomic mass is 19.1. The number of hydrogen-bond acceptors (Lipinski definition) is 6. The molecular weight excluding hydrogens is 483 g/mol. The normalized spacial score (nSPS) is 13.6. The fourth-order valence-electron chi connectivity index (χ4n) is 4.80. The monoisotopic (exact) mass is 504 g/mol. The average molecular weight is 505 g/mol. The summed E-state index contributed by atoms with van der Waals surface area (Å²) in [5.41, 5.74) is 5.65. The van der Waals surface area contributed by atoms with E-state index in [4.69, 9.17) is 0 Å². The molecule has 1 aliphatic carbocycles. The Bertz CT molecular complexity index is 1820. The number of carbonyl (C=O) groups excluding carboxylic acids is 1. The van der Waals surface area contributed by atoms with Crippen LogP contribution < -0.4 is 5.32 Å². The van der Waals surface area contributed by atoms with E-state index in [0.717, 1.165) is 35.9 Å². The van der Waals surface area contributed by atoms with Crippen LogP contribution in [0.5, 0.6) is 0 Å². The van der Waals surface area contributed by atoms with E-state index in [1.54, 1.807) is 43.1 Å². The Balaban J connectivity index is 1.29. The van der Waals surface area contributed by atoms with Crippen LogP contribution in [-0.4, -0.2) is 41.0 Å². The molecule has 0 aliphatic heterocycles. The fourth-order valence-corrected chi connectivity index (χ4v) is 4.80. The van der Waals surface area contributed by atoms with E-state index in [0.29, 0.717) is 44.9 Å². The maximum atomic E-state index is 15.2. The molecule has 3 N–H and O–H groups in total. The first kappa shape index (κ1) is 22.2. The first-order chi connectivity index (χ1) is 18.6. The van der Waals surface area contributed by atoms with Crippen LogP contribution in [-0.2, 0) is 4.79 Å². The standard InChI is InChI=1S/C28H21FN8O/c29-22-11-23-21(10-20(22)17-9-18(14-31-13-17)33-28(38)15-3-1-4-15)25(37-36-23)27-34-24-19(6-8-32-26(24)35-27)16-5-2-7-30-12-16/h2,5-15H,1,3-4H2,(H,33,38)(H,36,37)(H,32,34,35). The lowest BCUT2D eigenvalue weighted by molar-refractivity contribution is -0.122. The lowest BCUT2D eigenvalue weighted by atomic mass is 9.85. The van der Waals surface area contributed by atoms with Crippen molar-refractivity contribution in [1.29, 1.82) is 0 Å². The van der Waals surface area contributed by atoms with E-state index in [1.165, 1.54) is 6.07 Å². The number of nitrogens with one attached hydrogen (secondary N) is 3. The Morgan fingerprint density at radius 2 is 1.89 bits per heavy atom. The minimum Gasteiger partial charge on any atom is -0.335 e. The second kappa shape index (κ2) is 8.84. The van der Waals surface area contributed by atoms with Gasteiger partial charge in [0.05, 0.1) is 22.9 Å². The number of carbonyl (C=O) groups is 1. The highest BCUT2D eigenvalue weighted by Crippen LogP contribution is 2.34. The molecule has 1 aliphatic rings. The number of H-pyrrole nitrogens is 2. The van der Waals surface area contributed by atoms with Crippen molar-refractivity contribution in [2.75, 3.05) is 5.32 Å². The molecule has 1 fully saturated rings. The molecule has 1 saturated carbocycles. The zero-order chi connectivity index (χ0) is 25.6. The molecule has 0 radical (unpaired) electrons. The zero-order valence-corrected chi connectivity index (χ0v) is 20.1. The summed E-state index contributed by atoms with van der Waals surface area (Å²) in [5.74, 6) is 0.0963. The summed E-state index contributed by atoms with van der Waals surface area (Å²) in [5, 5.41) is 10.9. The van der Waals surface area contributed by atoms with Gasteiger partial charge in [0.25, 0.3) is 0 Å². The SMILES string of the molecule is O=C(Nc1cncc(-c2cc3c(-c4nc5nccc(-c6cccnc6)c5[nH]4)n[nH]c3cc2F)c1)C1CCC1. The van der Waals surface area contributed by atoms with Gasteiger partial charge in [-0.25, -0.2) is 14.4 Å². The summed E-state index contributed by atoms with van der Waals surface area (Å²) >= 11 is 0. The molecule has 9 nitrogen and oxygen atoms in total. The molecule has 1 amide bonds. The van der Waals surface area contributed by atoms with Crippen LogP contribution in [0.4, 0.5) is 10.1 Å². The number of aromatic amines is 2. The second-order valence-corrected chi connectivity index (χ2v) is 9.41. The molecule has 0 spiro atoms. The van der Waals surface area contributed by atoms with Crippen LogP contribution in [0.1, 0.15) is 19.3 Å². The predicted molar refractivity (Wildman–Crippen MR) is 141 cm³/mol. The Morgan fingerprint density at radius 3 is 2.71 bits per heavy atom. The molecule has 0 unspecified atom stereocenters. The summed E-state index contributed by atoms with van der Waals surface area (Å²) in [6.07, 6.45) is 11.2. The molecule has 38 heavy (non-hydrogen) atoms. The maximum absolute atomic E-state index is 15.2. The number of benzene rings is 1. The van der Waals surface area contributed by atoms with Gasteiger partial charge in [0.1, 0.15) is 11.5 Å². The Hall–Kier alpha value is -4.99. The predicted octanol–water partition coefficient (Wildman–Crippen LogP) is 5.50. The third-order valence-corrected chi connectivity index (χ3v) is 7.03. The van der Waals surface area contributed by atoms with Crippen molar-refractivity contribution in [2.24, 2.45) is 5.92 Å². The van der Waals surface area contributed by atoms with Crippen molar-refractivity contribution < 1.29 is 9.18 Å². The van der Waals surface area contributed by atoms with E-state index in [1.807, 2.05) is 18.2 Å². The van der Waals surface area contributed by atoms with Crippen molar-refractivity contribution in [3.63, 3.8) is 0 Å². The molecule has 186 valence electrons. The molecule has 0 saturated heterocycles. The number of pyridine rings is 3. The Kier molecular flexibility index (Phi) is 5.17. The van der Waals surface area contributed by atoms with Crippen molar-refractivity contribution in [1.82, 2.24) is 35.1 Å². The van der Waals surface area contributed by atoms with Gasteiger partial charge in [0.15, 0.2) is 11.5 Å². The topological polar surface area (TPSA) is 125 Å². The minimum atomic E-state index is -0.429. The highest BCUT2D eigenvalue weighted by Gasteiger charge is 2.25. The van der Waals surface area contributed by atoms with Crippen LogP contribution in [0.25, 0.3) is 55.8 Å². The van der Waals surface area contributed by atoms with Crippen LogP contribution in [0.3, 0.4) is 0 Å². The quantitative estimate of drug-likeness (QED) is 0.285. The number of anilines is 1. The summed E-state index contributed by atoms with van der Waals surface area (Å²) in [4.78, 5) is 33.3. The van der Waals surface area contributed by atoms with Gasteiger partial charge in [0, 0.05) is 64.4 Å². The van der Waals surface area contributed by atoms with E-state index in [2.05, 4.69) is 40.4 Å². The number of amides is 1. The van der Waals surface area contributed by atoms with Gasteiger partial charge in [-0.1, -0.05) is 12.5 Å². The largest absolute Gasteiger partial charge is 0.335 e. The maximum Gasteiger partial charge on any atom is 0.227 e. The smallest absolute Gasteiger partial charge is 0.227 e. The third kappa shape index (κ3) is 3.78. The van der Waals surface area contributed by atoms with Gasteiger partial charge in [-0.3, -0.25) is 19.9 Å². The van der Waals surface area contributed by atoms with Gasteiger partial charge >= 0.3 is 0 Å². The second-order valence-electron chi connectivity index (χ2n) is 9.41. The van der Waals surface area contributed by atoms with Crippen LogP contribution in [0, 0.1) is 11.7 Å². The number of nitrogens with zero attached hydrogens (tertiary/aromatic N) is 5. The summed E-state index contributed by atoms with van der Waals surface area (Å²) in [6.45, 7) is 0. The Labute approximate surface area is 215 Å². The first-order valence-electron chi connectivity index (χ1n) is 12.3. The van der Waals surface area contributed by atoms with Gasteiger partial charge in [0.2, 0.25) is 5.91 Å². The summed E-state index contributed by atoms with van der Waals surface area (Å²) in [7, 11) is 0. The van der Waals surface area contributed by atoms with Gasteiger partial charge in [-0.15, -0.1) is 0 Å². The highest BCUT2D eigenvalue weighted by molar-refractivity contribution is 5.98. The number of rotatable bonds is 5.